The minimum Gasteiger partial charge on any atom is -0.348 e. The van der Waals surface area contributed by atoms with Gasteiger partial charge in [-0.15, -0.1) is 10.2 Å². The number of para-hydroxylation sites is 1. The molecule has 0 saturated heterocycles. The number of halogens is 1. The summed E-state index contributed by atoms with van der Waals surface area (Å²) in [6.45, 7) is 0.294. The lowest BCUT2D eigenvalue weighted by molar-refractivity contribution is -0.146. The lowest BCUT2D eigenvalue weighted by atomic mass is 9.49. The van der Waals surface area contributed by atoms with Crippen LogP contribution in [0, 0.1) is 23.2 Å². The first kappa shape index (κ1) is 26.2. The number of nitrogens with one attached hydrogen (secondary N) is 2. The van der Waals surface area contributed by atoms with Crippen molar-refractivity contribution in [3.63, 3.8) is 0 Å². The third-order valence-electron chi connectivity index (χ3n) is 8.58. The molecule has 2 aromatic heterocycles. The molecule has 4 aromatic rings. The summed E-state index contributed by atoms with van der Waals surface area (Å²) in [6.07, 6.45) is 6.98. The van der Waals surface area contributed by atoms with Crippen molar-refractivity contribution in [2.24, 2.45) is 23.2 Å². The van der Waals surface area contributed by atoms with Gasteiger partial charge in [0.1, 0.15) is 0 Å². The van der Waals surface area contributed by atoms with E-state index in [-0.39, 0.29) is 23.0 Å². The average Bonchev–Trinajstić information content (AvgIpc) is 3.53. The van der Waals surface area contributed by atoms with E-state index < -0.39 is 0 Å². The molecule has 2 aromatic carbocycles. The van der Waals surface area contributed by atoms with E-state index in [1.165, 1.54) is 42.4 Å². The minimum absolute atomic E-state index is 0.157. The van der Waals surface area contributed by atoms with Crippen molar-refractivity contribution in [3.8, 4) is 5.69 Å². The number of amides is 2. The fourth-order valence-corrected chi connectivity index (χ4v) is 9.22. The molecular formula is C29H29BrN6O2S2. The summed E-state index contributed by atoms with van der Waals surface area (Å²) < 4.78 is 3.92. The van der Waals surface area contributed by atoms with Crippen LogP contribution in [0.1, 0.15) is 44.3 Å². The molecule has 2 heterocycles. The fraction of sp³-hybridized carbons (Fsp3) is 0.414. The Labute approximate surface area is 248 Å². The van der Waals surface area contributed by atoms with Gasteiger partial charge in [0.25, 0.3) is 0 Å². The van der Waals surface area contributed by atoms with Crippen LogP contribution in [0.2, 0.25) is 0 Å². The van der Waals surface area contributed by atoms with Crippen LogP contribution in [0.25, 0.3) is 15.9 Å². The van der Waals surface area contributed by atoms with Gasteiger partial charge in [-0.3, -0.25) is 14.2 Å². The predicted octanol–water partition coefficient (Wildman–Crippen LogP) is 6.20. The van der Waals surface area contributed by atoms with E-state index in [4.69, 9.17) is 0 Å². The van der Waals surface area contributed by atoms with Crippen molar-refractivity contribution in [2.45, 2.75) is 50.2 Å². The Balaban J connectivity index is 1.06. The maximum Gasteiger partial charge on any atom is 0.236 e. The highest BCUT2D eigenvalue weighted by Crippen LogP contribution is 2.60. The van der Waals surface area contributed by atoms with Crippen LogP contribution in [-0.4, -0.2) is 37.3 Å². The first-order valence-corrected chi connectivity index (χ1v) is 16.3. The van der Waals surface area contributed by atoms with Crippen molar-refractivity contribution in [1.82, 2.24) is 25.1 Å². The molecule has 40 heavy (non-hydrogen) atoms. The van der Waals surface area contributed by atoms with Crippen molar-refractivity contribution >= 4 is 66.2 Å². The molecular weight excluding hydrogens is 608 g/mol. The number of carbonyl (C=O) groups is 2. The first-order chi connectivity index (χ1) is 19.4. The van der Waals surface area contributed by atoms with E-state index in [0.29, 0.717) is 40.4 Å². The average molecular weight is 638 g/mol. The summed E-state index contributed by atoms with van der Waals surface area (Å²) in [5.41, 5.74) is 1.53. The zero-order chi connectivity index (χ0) is 27.3. The highest BCUT2D eigenvalue weighted by molar-refractivity contribution is 9.10. The number of thioether (sulfide) groups is 1. The van der Waals surface area contributed by atoms with E-state index in [9.17, 15) is 9.59 Å². The monoisotopic (exact) mass is 636 g/mol. The fourth-order valence-electron chi connectivity index (χ4n) is 7.30. The second kappa shape index (κ2) is 10.6. The zero-order valence-corrected chi connectivity index (χ0v) is 25.0. The summed E-state index contributed by atoms with van der Waals surface area (Å²) in [7, 11) is 0. The number of hydrogen-bond donors (Lipinski definition) is 2. The van der Waals surface area contributed by atoms with Crippen LogP contribution in [0.5, 0.6) is 0 Å². The molecule has 0 spiro atoms. The molecule has 0 atom stereocenters. The zero-order valence-electron chi connectivity index (χ0n) is 21.8. The molecule has 4 aliphatic carbocycles. The van der Waals surface area contributed by atoms with Gasteiger partial charge in [-0.25, -0.2) is 4.98 Å². The molecule has 8 nitrogen and oxygen atoms in total. The maximum absolute atomic E-state index is 13.6. The Bertz CT molecular complexity index is 1510. The Morgan fingerprint density at radius 3 is 2.40 bits per heavy atom. The van der Waals surface area contributed by atoms with Crippen molar-refractivity contribution in [1.29, 1.82) is 0 Å². The Morgan fingerprint density at radius 2 is 1.70 bits per heavy atom. The molecule has 0 radical (unpaired) electrons. The third-order valence-corrected chi connectivity index (χ3v) is 11.0. The Hall–Kier alpha value is -2.76. The van der Waals surface area contributed by atoms with Crippen molar-refractivity contribution < 1.29 is 9.59 Å². The molecule has 2 N–H and O–H groups in total. The summed E-state index contributed by atoms with van der Waals surface area (Å²) in [4.78, 5) is 30.9. The summed E-state index contributed by atoms with van der Waals surface area (Å²) >= 11 is 6.27. The predicted molar refractivity (Wildman–Crippen MR) is 160 cm³/mol. The van der Waals surface area contributed by atoms with Gasteiger partial charge in [-0.1, -0.05) is 51.2 Å². The molecule has 11 heteroatoms. The summed E-state index contributed by atoms with van der Waals surface area (Å²) in [5.74, 6) is 2.94. The van der Waals surface area contributed by atoms with Gasteiger partial charge >= 0.3 is 0 Å². The molecule has 2 amide bonds. The molecule has 4 aliphatic rings. The quantitative estimate of drug-likeness (QED) is 0.223. The van der Waals surface area contributed by atoms with E-state index in [1.54, 1.807) is 0 Å². The van der Waals surface area contributed by atoms with Crippen LogP contribution in [0.3, 0.4) is 0 Å². The lowest BCUT2D eigenvalue weighted by Gasteiger charge is -2.55. The van der Waals surface area contributed by atoms with Gasteiger partial charge in [-0.05, 0) is 92.7 Å². The highest BCUT2D eigenvalue weighted by Gasteiger charge is 2.54. The number of aromatic nitrogens is 4. The number of rotatable bonds is 8. The topological polar surface area (TPSA) is 102 Å². The van der Waals surface area contributed by atoms with Crippen molar-refractivity contribution in [3.05, 3.63) is 58.8 Å². The van der Waals surface area contributed by atoms with E-state index >= 15 is 0 Å². The Kier molecular flexibility index (Phi) is 6.91. The second-order valence-electron chi connectivity index (χ2n) is 11.4. The van der Waals surface area contributed by atoms with Crippen molar-refractivity contribution in [2.75, 3.05) is 11.1 Å². The molecule has 4 fully saturated rings. The number of benzene rings is 2. The summed E-state index contributed by atoms with van der Waals surface area (Å²) in [5, 5.41) is 16.2. The molecule has 0 unspecified atom stereocenters. The number of thiazole rings is 1. The third kappa shape index (κ3) is 5.07. The van der Waals surface area contributed by atoms with Gasteiger partial charge in [0, 0.05) is 15.6 Å². The van der Waals surface area contributed by atoms with Gasteiger partial charge in [0.05, 0.1) is 22.5 Å². The number of fused-ring (bicyclic) bond motifs is 1. The highest BCUT2D eigenvalue weighted by atomic mass is 79.9. The van der Waals surface area contributed by atoms with Gasteiger partial charge in [0.2, 0.25) is 11.8 Å². The van der Waals surface area contributed by atoms with E-state index in [2.05, 4.69) is 41.7 Å². The largest absolute Gasteiger partial charge is 0.348 e. The number of anilines is 1. The van der Waals surface area contributed by atoms with Gasteiger partial charge < -0.3 is 10.6 Å². The van der Waals surface area contributed by atoms with Crippen LogP contribution < -0.4 is 10.6 Å². The lowest BCUT2D eigenvalue weighted by Crippen LogP contribution is -2.53. The second-order valence-corrected chi connectivity index (χ2v) is 14.3. The van der Waals surface area contributed by atoms with Crippen LogP contribution in [0.4, 0.5) is 5.13 Å². The molecule has 4 saturated carbocycles. The van der Waals surface area contributed by atoms with E-state index in [0.717, 1.165) is 39.6 Å². The normalized spacial score (nSPS) is 24.9. The molecule has 0 aliphatic heterocycles. The SMILES string of the molecule is O=C(CSc1nnc(CNC(=O)C23CC4CC(CC(C4)C2)C3)n1-c1ccc(Br)cc1)Nc1nc2ccccc2s1. The van der Waals surface area contributed by atoms with Gasteiger partial charge in [0.15, 0.2) is 16.1 Å². The smallest absolute Gasteiger partial charge is 0.236 e. The number of carbonyl (C=O) groups excluding carboxylic acids is 2. The van der Waals surface area contributed by atoms with Crippen LogP contribution in [-0.2, 0) is 16.1 Å². The maximum atomic E-state index is 13.6. The number of nitrogens with zero attached hydrogens (tertiary/aromatic N) is 4. The molecule has 4 bridgehead atoms. The van der Waals surface area contributed by atoms with Crippen LogP contribution >= 0.6 is 39.0 Å². The standard InChI is InChI=1S/C29H29BrN6O2S2/c30-20-5-7-21(8-6-20)36-24(15-31-26(38)29-12-17-9-18(13-29)11-19(10-17)14-29)34-35-28(36)39-16-25(37)33-27-32-22-3-1-2-4-23(22)40-27/h1-8,17-19H,9-16H2,(H,31,38)(H,32,33,37). The van der Waals surface area contributed by atoms with E-state index in [1.807, 2.05) is 53.1 Å². The minimum atomic E-state index is -0.215. The Morgan fingerprint density at radius 1 is 1.00 bits per heavy atom. The van der Waals surface area contributed by atoms with Gasteiger partial charge in [-0.2, -0.15) is 0 Å². The molecule has 8 rings (SSSR count). The summed E-state index contributed by atoms with van der Waals surface area (Å²) in [6, 6.07) is 15.7. The number of hydrogen-bond acceptors (Lipinski definition) is 7. The van der Waals surface area contributed by atoms with Crippen LogP contribution in [0.15, 0.2) is 58.2 Å². The molecule has 206 valence electrons. The first-order valence-electron chi connectivity index (χ1n) is 13.7.